The lowest BCUT2D eigenvalue weighted by molar-refractivity contribution is -0.133. The minimum absolute atomic E-state index is 0.109. The maximum absolute atomic E-state index is 13.6. The van der Waals surface area contributed by atoms with Crippen molar-refractivity contribution in [2.24, 2.45) is 0 Å². The number of benzene rings is 1. The maximum Gasteiger partial charge on any atom is 0.313 e. The topological polar surface area (TPSA) is 55.1 Å². The normalized spacial score (nSPS) is 10.7. The zero-order chi connectivity index (χ0) is 13.1. The first kappa shape index (κ1) is 12.6. The summed E-state index contributed by atoms with van der Waals surface area (Å²) in [6.45, 7) is 4.09. The number of carboxylic acid groups (broad SMARTS) is 1. The van der Waals surface area contributed by atoms with E-state index in [2.05, 4.69) is 11.6 Å². The molecule has 1 aromatic carbocycles. The van der Waals surface area contributed by atoms with Gasteiger partial charge in [0.25, 0.3) is 0 Å². The van der Waals surface area contributed by atoms with Crippen LogP contribution in [0.1, 0.15) is 0 Å². The number of hydrogen-bond acceptors (Lipinski definition) is 3. The van der Waals surface area contributed by atoms with Crippen LogP contribution in [0.5, 0.6) is 0 Å². The van der Waals surface area contributed by atoms with Gasteiger partial charge in [-0.15, -0.1) is 6.58 Å². The second-order valence-corrected chi connectivity index (χ2v) is 4.53. The van der Waals surface area contributed by atoms with Crippen LogP contribution in [-0.2, 0) is 11.3 Å². The molecule has 1 heterocycles. The first-order chi connectivity index (χ1) is 8.63. The number of thioether (sulfide) groups is 1. The summed E-state index contributed by atoms with van der Waals surface area (Å²) in [4.78, 5) is 14.7. The first-order valence-electron chi connectivity index (χ1n) is 5.23. The largest absolute Gasteiger partial charge is 0.481 e. The number of rotatable bonds is 5. The molecule has 0 saturated heterocycles. The van der Waals surface area contributed by atoms with Gasteiger partial charge in [-0.05, 0) is 12.1 Å². The van der Waals surface area contributed by atoms with Gasteiger partial charge < -0.3 is 9.67 Å². The summed E-state index contributed by atoms with van der Waals surface area (Å²) >= 11 is 1.07. The van der Waals surface area contributed by atoms with Gasteiger partial charge in [-0.25, -0.2) is 9.37 Å². The quantitative estimate of drug-likeness (QED) is 0.667. The van der Waals surface area contributed by atoms with Crippen molar-refractivity contribution >= 4 is 28.8 Å². The van der Waals surface area contributed by atoms with Crippen LogP contribution in [0.3, 0.4) is 0 Å². The summed E-state index contributed by atoms with van der Waals surface area (Å²) in [5.74, 6) is -1.45. The molecular weight excluding hydrogens is 255 g/mol. The molecule has 2 rings (SSSR count). The van der Waals surface area contributed by atoms with E-state index in [-0.39, 0.29) is 11.3 Å². The van der Waals surface area contributed by atoms with Crippen molar-refractivity contribution in [1.29, 1.82) is 0 Å². The number of halogens is 1. The maximum atomic E-state index is 13.6. The Kier molecular flexibility index (Phi) is 3.66. The molecule has 0 aliphatic rings. The van der Waals surface area contributed by atoms with Crippen LogP contribution in [0.15, 0.2) is 36.0 Å². The molecule has 0 bridgehead atoms. The molecule has 0 fully saturated rings. The molecule has 0 saturated carbocycles. The second kappa shape index (κ2) is 5.22. The summed E-state index contributed by atoms with van der Waals surface area (Å²) in [5, 5.41) is 9.16. The van der Waals surface area contributed by atoms with E-state index in [1.54, 1.807) is 22.8 Å². The average Bonchev–Trinajstić information content (AvgIpc) is 2.67. The number of aliphatic carboxylic acids is 1. The molecule has 1 aromatic heterocycles. The van der Waals surface area contributed by atoms with Gasteiger partial charge in [0.05, 0.1) is 11.3 Å². The fourth-order valence-corrected chi connectivity index (χ4v) is 2.37. The minimum Gasteiger partial charge on any atom is -0.481 e. The Morgan fingerprint density at radius 1 is 1.61 bits per heavy atom. The standard InChI is InChI=1S/C12H11FN2O2S/c1-2-6-15-9-5-3-4-8(13)11(9)14-12(15)18-7-10(16)17/h2-5H,1,6-7H2,(H,16,17). The average molecular weight is 266 g/mol. The van der Waals surface area contributed by atoms with Gasteiger partial charge in [-0.1, -0.05) is 23.9 Å². The third-order valence-corrected chi connectivity index (χ3v) is 3.29. The smallest absolute Gasteiger partial charge is 0.313 e. The van der Waals surface area contributed by atoms with E-state index in [9.17, 15) is 9.18 Å². The molecule has 6 heteroatoms. The van der Waals surface area contributed by atoms with Crippen molar-refractivity contribution in [1.82, 2.24) is 9.55 Å². The molecule has 0 spiro atoms. The molecular formula is C12H11FN2O2S. The molecule has 1 N–H and O–H groups in total. The fraction of sp³-hybridized carbons (Fsp3) is 0.167. The highest BCUT2D eigenvalue weighted by molar-refractivity contribution is 7.99. The van der Waals surface area contributed by atoms with Gasteiger partial charge in [0.15, 0.2) is 11.0 Å². The number of para-hydroxylation sites is 1. The number of imidazole rings is 1. The van der Waals surface area contributed by atoms with Crippen molar-refractivity contribution in [2.75, 3.05) is 5.75 Å². The van der Waals surface area contributed by atoms with Crippen molar-refractivity contribution in [3.05, 3.63) is 36.7 Å². The van der Waals surface area contributed by atoms with E-state index in [4.69, 9.17) is 5.11 Å². The van der Waals surface area contributed by atoms with Crippen LogP contribution in [0.2, 0.25) is 0 Å². The number of fused-ring (bicyclic) bond motifs is 1. The van der Waals surface area contributed by atoms with Crippen molar-refractivity contribution < 1.29 is 14.3 Å². The molecule has 2 aromatic rings. The summed E-state index contributed by atoms with van der Waals surface area (Å²) in [5.41, 5.74) is 0.898. The number of carboxylic acids is 1. The Balaban J connectivity index is 2.50. The highest BCUT2D eigenvalue weighted by atomic mass is 32.2. The van der Waals surface area contributed by atoms with Gasteiger partial charge in [0, 0.05) is 6.54 Å². The van der Waals surface area contributed by atoms with Crippen molar-refractivity contribution in [3.8, 4) is 0 Å². The van der Waals surface area contributed by atoms with Crippen LogP contribution in [0.4, 0.5) is 4.39 Å². The summed E-state index contributed by atoms with van der Waals surface area (Å²) < 4.78 is 15.3. The summed E-state index contributed by atoms with van der Waals surface area (Å²) in [6, 6.07) is 4.68. The zero-order valence-electron chi connectivity index (χ0n) is 9.47. The van der Waals surface area contributed by atoms with Crippen LogP contribution in [0, 0.1) is 5.82 Å². The van der Waals surface area contributed by atoms with Crippen molar-refractivity contribution in [2.45, 2.75) is 11.7 Å². The predicted octanol–water partition coefficient (Wildman–Crippen LogP) is 2.54. The molecule has 94 valence electrons. The Morgan fingerprint density at radius 2 is 2.39 bits per heavy atom. The van der Waals surface area contributed by atoms with E-state index in [0.29, 0.717) is 17.2 Å². The first-order valence-corrected chi connectivity index (χ1v) is 6.22. The molecule has 0 unspecified atom stereocenters. The molecule has 0 amide bonds. The van der Waals surface area contributed by atoms with Crippen molar-refractivity contribution in [3.63, 3.8) is 0 Å². The molecule has 0 atom stereocenters. The highest BCUT2D eigenvalue weighted by Gasteiger charge is 2.14. The monoisotopic (exact) mass is 266 g/mol. The van der Waals surface area contributed by atoms with Gasteiger partial charge in [-0.3, -0.25) is 4.79 Å². The number of carbonyl (C=O) groups is 1. The summed E-state index contributed by atoms with van der Waals surface area (Å²) in [6.07, 6.45) is 1.66. The van der Waals surface area contributed by atoms with E-state index in [0.717, 1.165) is 11.8 Å². The molecule has 18 heavy (non-hydrogen) atoms. The van der Waals surface area contributed by atoms with Gasteiger partial charge >= 0.3 is 5.97 Å². The van der Waals surface area contributed by atoms with E-state index >= 15 is 0 Å². The molecule has 4 nitrogen and oxygen atoms in total. The fourth-order valence-electron chi connectivity index (χ4n) is 1.63. The predicted molar refractivity (Wildman–Crippen MR) is 68.2 cm³/mol. The molecule has 0 aliphatic carbocycles. The summed E-state index contributed by atoms with van der Waals surface area (Å²) in [7, 11) is 0. The van der Waals surface area contributed by atoms with Gasteiger partial charge in [0.2, 0.25) is 0 Å². The lowest BCUT2D eigenvalue weighted by atomic mass is 10.3. The van der Waals surface area contributed by atoms with Gasteiger partial charge in [0.1, 0.15) is 5.52 Å². The van der Waals surface area contributed by atoms with Crippen LogP contribution < -0.4 is 0 Å². The Bertz CT molecular complexity index is 609. The van der Waals surface area contributed by atoms with E-state index < -0.39 is 11.8 Å². The SMILES string of the molecule is C=CCn1c(SCC(=O)O)nc2c(F)cccc21. The second-order valence-electron chi connectivity index (χ2n) is 3.58. The molecule has 0 radical (unpaired) electrons. The third kappa shape index (κ3) is 2.38. The highest BCUT2D eigenvalue weighted by Crippen LogP contribution is 2.25. The lowest BCUT2D eigenvalue weighted by Gasteiger charge is -2.04. The van der Waals surface area contributed by atoms with E-state index in [1.165, 1.54) is 6.07 Å². The zero-order valence-corrected chi connectivity index (χ0v) is 10.3. The minimum atomic E-state index is -0.933. The number of aromatic nitrogens is 2. The van der Waals surface area contributed by atoms with Gasteiger partial charge in [-0.2, -0.15) is 0 Å². The Hall–Kier alpha value is -1.82. The number of nitrogens with zero attached hydrogens (tertiary/aromatic N) is 2. The lowest BCUT2D eigenvalue weighted by Crippen LogP contribution is -2.02. The Morgan fingerprint density at radius 3 is 3.06 bits per heavy atom. The number of allylic oxidation sites excluding steroid dienone is 1. The van der Waals surface area contributed by atoms with Crippen LogP contribution in [0.25, 0.3) is 11.0 Å². The Labute approximate surface area is 107 Å². The van der Waals surface area contributed by atoms with Crippen LogP contribution >= 0.6 is 11.8 Å². The van der Waals surface area contributed by atoms with Crippen LogP contribution in [-0.4, -0.2) is 26.4 Å². The number of hydrogen-bond donors (Lipinski definition) is 1. The molecule has 0 aliphatic heterocycles. The van der Waals surface area contributed by atoms with E-state index in [1.807, 2.05) is 0 Å². The third-order valence-electron chi connectivity index (χ3n) is 2.33.